The third-order valence-corrected chi connectivity index (χ3v) is 1.53. The molecule has 4 nitrogen and oxygen atoms in total. The van der Waals surface area contributed by atoms with Crippen molar-refractivity contribution in [1.82, 2.24) is 10.3 Å². The smallest absolute Gasteiger partial charge is 0.226 e. The molecule has 0 atom stereocenters. The lowest BCUT2D eigenvalue weighted by Gasteiger charge is -2.05. The van der Waals surface area contributed by atoms with Gasteiger partial charge in [-0.15, -0.1) is 0 Å². The minimum absolute atomic E-state index is 0.0115. The summed E-state index contributed by atoms with van der Waals surface area (Å²) >= 11 is 0. The molecule has 0 aliphatic heterocycles. The first kappa shape index (κ1) is 9.77. The Morgan fingerprint density at radius 1 is 1.69 bits per heavy atom. The molecule has 72 valence electrons. The Balaban J connectivity index is 2.26. The Kier molecular flexibility index (Phi) is 3.49. The molecule has 0 aliphatic carbocycles. The molecule has 1 aromatic heterocycles. The predicted octanol–water partition coefficient (Wildman–Crippen LogP) is 0.989. The van der Waals surface area contributed by atoms with Gasteiger partial charge in [-0.3, -0.25) is 4.79 Å². The molecule has 13 heavy (non-hydrogen) atoms. The van der Waals surface area contributed by atoms with Gasteiger partial charge in [0.05, 0.1) is 12.1 Å². The van der Waals surface area contributed by atoms with Gasteiger partial charge in [0.1, 0.15) is 6.26 Å². The van der Waals surface area contributed by atoms with Crippen molar-refractivity contribution in [1.29, 1.82) is 0 Å². The van der Waals surface area contributed by atoms with Crippen molar-refractivity contribution in [3.8, 4) is 0 Å². The minimum Gasteiger partial charge on any atom is -0.451 e. The van der Waals surface area contributed by atoms with Gasteiger partial charge in [0, 0.05) is 6.54 Å². The minimum atomic E-state index is -0.0115. The van der Waals surface area contributed by atoms with Gasteiger partial charge in [0.2, 0.25) is 5.91 Å². The molecule has 0 unspecified atom stereocenters. The van der Waals surface area contributed by atoms with Crippen LogP contribution in [-0.4, -0.2) is 17.4 Å². The first-order chi connectivity index (χ1) is 6.18. The van der Waals surface area contributed by atoms with Crippen molar-refractivity contribution in [2.75, 3.05) is 6.54 Å². The maximum Gasteiger partial charge on any atom is 0.226 e. The van der Waals surface area contributed by atoms with E-state index in [1.54, 1.807) is 0 Å². The number of aromatic nitrogens is 1. The second-order valence-electron chi connectivity index (χ2n) is 3.35. The number of nitrogens with zero attached hydrogens (tertiary/aromatic N) is 1. The first-order valence-corrected chi connectivity index (χ1v) is 4.32. The molecule has 1 N–H and O–H groups in total. The number of nitrogens with one attached hydrogen (secondary N) is 1. The van der Waals surface area contributed by atoms with Gasteiger partial charge in [-0.2, -0.15) is 0 Å². The molecule has 0 saturated carbocycles. The number of hydrogen-bond donors (Lipinski definition) is 1. The third kappa shape index (κ3) is 3.73. The average Bonchev–Trinajstić information content (AvgIpc) is 2.53. The molecule has 0 saturated heterocycles. The van der Waals surface area contributed by atoms with E-state index in [1.165, 1.54) is 12.7 Å². The van der Waals surface area contributed by atoms with E-state index in [-0.39, 0.29) is 5.91 Å². The highest BCUT2D eigenvalue weighted by Gasteiger charge is 2.05. The van der Waals surface area contributed by atoms with Crippen LogP contribution in [0, 0.1) is 5.92 Å². The summed E-state index contributed by atoms with van der Waals surface area (Å²) in [6.07, 6.45) is 3.10. The zero-order valence-corrected chi connectivity index (χ0v) is 7.91. The lowest BCUT2D eigenvalue weighted by Crippen LogP contribution is -2.28. The molecule has 0 aliphatic rings. The lowest BCUT2D eigenvalue weighted by molar-refractivity contribution is -0.120. The summed E-state index contributed by atoms with van der Waals surface area (Å²) in [6, 6.07) is 0. The molecule has 1 heterocycles. The molecule has 1 rings (SSSR count). The zero-order valence-electron chi connectivity index (χ0n) is 7.91. The summed E-state index contributed by atoms with van der Waals surface area (Å²) in [5, 5.41) is 2.80. The fourth-order valence-corrected chi connectivity index (χ4v) is 0.870. The van der Waals surface area contributed by atoms with Gasteiger partial charge in [0.25, 0.3) is 0 Å². The van der Waals surface area contributed by atoms with Gasteiger partial charge < -0.3 is 9.73 Å². The number of oxazole rings is 1. The Labute approximate surface area is 77.3 Å². The maximum absolute atomic E-state index is 11.2. The van der Waals surface area contributed by atoms with Crippen LogP contribution in [0.3, 0.4) is 0 Å². The first-order valence-electron chi connectivity index (χ1n) is 4.32. The normalized spacial score (nSPS) is 10.4. The van der Waals surface area contributed by atoms with Crippen molar-refractivity contribution in [3.63, 3.8) is 0 Å². The van der Waals surface area contributed by atoms with Crippen LogP contribution in [0.1, 0.15) is 19.5 Å². The van der Waals surface area contributed by atoms with Crippen LogP contribution < -0.4 is 5.32 Å². The predicted molar refractivity (Wildman–Crippen MR) is 48.1 cm³/mol. The van der Waals surface area contributed by atoms with Gasteiger partial charge in [0.15, 0.2) is 6.39 Å². The summed E-state index contributed by atoms with van der Waals surface area (Å²) in [6.45, 7) is 4.81. The van der Waals surface area contributed by atoms with E-state index in [2.05, 4.69) is 24.1 Å². The third-order valence-electron chi connectivity index (χ3n) is 1.53. The van der Waals surface area contributed by atoms with Crippen LogP contribution in [0.15, 0.2) is 17.1 Å². The second-order valence-corrected chi connectivity index (χ2v) is 3.35. The quantitative estimate of drug-likeness (QED) is 0.755. The van der Waals surface area contributed by atoms with Gasteiger partial charge in [-0.05, 0) is 5.92 Å². The van der Waals surface area contributed by atoms with Crippen molar-refractivity contribution in [2.45, 2.75) is 20.3 Å². The second kappa shape index (κ2) is 4.64. The van der Waals surface area contributed by atoms with E-state index in [1.807, 2.05) is 0 Å². The van der Waals surface area contributed by atoms with Crippen molar-refractivity contribution in [3.05, 3.63) is 18.4 Å². The summed E-state index contributed by atoms with van der Waals surface area (Å²) in [5.74, 6) is 0.462. The molecule has 1 amide bonds. The monoisotopic (exact) mass is 182 g/mol. The Morgan fingerprint density at radius 2 is 2.46 bits per heavy atom. The number of rotatable bonds is 4. The molecule has 0 bridgehead atoms. The van der Waals surface area contributed by atoms with Gasteiger partial charge >= 0.3 is 0 Å². The van der Waals surface area contributed by atoms with E-state index in [4.69, 9.17) is 4.42 Å². The molecule has 0 spiro atoms. The molecular weight excluding hydrogens is 168 g/mol. The van der Waals surface area contributed by atoms with E-state index in [0.717, 1.165) is 0 Å². The zero-order chi connectivity index (χ0) is 9.68. The van der Waals surface area contributed by atoms with Crippen LogP contribution in [0.4, 0.5) is 0 Å². The lowest BCUT2D eigenvalue weighted by atomic mass is 10.2. The van der Waals surface area contributed by atoms with Crippen LogP contribution in [0.5, 0.6) is 0 Å². The molecule has 4 heteroatoms. The number of carbonyl (C=O) groups excluding carboxylic acids is 1. The maximum atomic E-state index is 11.2. The molecule has 0 radical (unpaired) electrons. The highest BCUT2D eigenvalue weighted by Crippen LogP contribution is 1.95. The number of carbonyl (C=O) groups is 1. The largest absolute Gasteiger partial charge is 0.451 e. The SMILES string of the molecule is CC(C)CNC(=O)Cc1cocn1. The average molecular weight is 182 g/mol. The summed E-state index contributed by atoms with van der Waals surface area (Å²) in [4.78, 5) is 15.1. The highest BCUT2D eigenvalue weighted by molar-refractivity contribution is 5.77. The standard InChI is InChI=1S/C9H14N2O2/c1-7(2)4-10-9(12)3-8-5-13-6-11-8/h5-7H,3-4H2,1-2H3,(H,10,12). The Morgan fingerprint density at radius 3 is 3.00 bits per heavy atom. The van der Waals surface area contributed by atoms with E-state index >= 15 is 0 Å². The van der Waals surface area contributed by atoms with Crippen molar-refractivity contribution in [2.24, 2.45) is 5.92 Å². The van der Waals surface area contributed by atoms with Crippen molar-refractivity contribution >= 4 is 5.91 Å². The summed E-state index contributed by atoms with van der Waals surface area (Å²) in [7, 11) is 0. The fraction of sp³-hybridized carbons (Fsp3) is 0.556. The van der Waals surface area contributed by atoms with Crippen LogP contribution in [0.2, 0.25) is 0 Å². The number of amides is 1. The number of hydrogen-bond acceptors (Lipinski definition) is 3. The van der Waals surface area contributed by atoms with Crippen LogP contribution in [-0.2, 0) is 11.2 Å². The van der Waals surface area contributed by atoms with Crippen molar-refractivity contribution < 1.29 is 9.21 Å². The molecule has 0 aromatic carbocycles. The van der Waals surface area contributed by atoms with E-state index < -0.39 is 0 Å². The van der Waals surface area contributed by atoms with E-state index in [0.29, 0.717) is 24.6 Å². The summed E-state index contributed by atoms with van der Waals surface area (Å²) < 4.78 is 4.75. The molecule has 0 fully saturated rings. The molecular formula is C9H14N2O2. The van der Waals surface area contributed by atoms with Gasteiger partial charge in [-0.1, -0.05) is 13.8 Å². The Bertz CT molecular complexity index is 255. The van der Waals surface area contributed by atoms with E-state index in [9.17, 15) is 4.79 Å². The topological polar surface area (TPSA) is 55.1 Å². The van der Waals surface area contributed by atoms with Gasteiger partial charge in [-0.25, -0.2) is 4.98 Å². The Hall–Kier alpha value is -1.32. The highest BCUT2D eigenvalue weighted by atomic mass is 16.3. The fourth-order valence-electron chi connectivity index (χ4n) is 0.870. The summed E-state index contributed by atoms with van der Waals surface area (Å²) in [5.41, 5.74) is 0.668. The molecule has 1 aromatic rings. The van der Waals surface area contributed by atoms with Crippen LogP contribution >= 0.6 is 0 Å². The van der Waals surface area contributed by atoms with Crippen LogP contribution in [0.25, 0.3) is 0 Å².